The first-order valence-corrected chi connectivity index (χ1v) is 8.82. The van der Waals surface area contributed by atoms with E-state index in [9.17, 15) is 5.11 Å². The highest BCUT2D eigenvalue weighted by molar-refractivity contribution is 9.10. The number of phenolic OH excluding ortho intramolecular Hbond substituents is 1. The molecule has 0 radical (unpaired) electrons. The number of hydrogen-bond donors (Lipinski definition) is 2. The van der Waals surface area contributed by atoms with Crippen molar-refractivity contribution in [3.8, 4) is 17.0 Å². The van der Waals surface area contributed by atoms with E-state index in [1.54, 1.807) is 12.1 Å². The number of rotatable bonds is 4. The van der Waals surface area contributed by atoms with Crippen LogP contribution in [0.2, 0.25) is 0 Å². The van der Waals surface area contributed by atoms with Crippen LogP contribution in [0.4, 0.5) is 5.82 Å². The van der Waals surface area contributed by atoms with Crippen LogP contribution in [0.25, 0.3) is 16.9 Å². The fraction of sp³-hybridized carbons (Fsp3) is 0.278. The zero-order valence-electron chi connectivity index (χ0n) is 13.1. The Kier molecular flexibility index (Phi) is 4.16. The first kappa shape index (κ1) is 15.5. The van der Waals surface area contributed by atoms with E-state index in [4.69, 9.17) is 9.72 Å². The minimum atomic E-state index is 0.246. The Balaban J connectivity index is 1.75. The maximum absolute atomic E-state index is 9.53. The lowest BCUT2D eigenvalue weighted by Gasteiger charge is -2.13. The smallest absolute Gasteiger partial charge is 0.139 e. The van der Waals surface area contributed by atoms with Crippen molar-refractivity contribution in [1.29, 1.82) is 0 Å². The minimum Gasteiger partial charge on any atom is -0.508 e. The third-order valence-corrected chi connectivity index (χ3v) is 4.71. The molecule has 1 fully saturated rings. The van der Waals surface area contributed by atoms with Crippen LogP contribution < -0.4 is 5.32 Å². The minimum absolute atomic E-state index is 0.246. The average Bonchev–Trinajstić information content (AvgIpc) is 3.21. The molecule has 3 aromatic rings. The molecule has 124 valence electrons. The zero-order valence-corrected chi connectivity index (χ0v) is 14.7. The first-order valence-electron chi connectivity index (χ1n) is 8.03. The van der Waals surface area contributed by atoms with Crippen molar-refractivity contribution in [2.75, 3.05) is 18.5 Å². The summed E-state index contributed by atoms with van der Waals surface area (Å²) in [6, 6.07) is 11.1. The number of nitrogens with one attached hydrogen (secondary N) is 1. The van der Waals surface area contributed by atoms with Crippen LogP contribution in [0.3, 0.4) is 0 Å². The number of imidazole rings is 1. The quantitative estimate of drug-likeness (QED) is 0.708. The summed E-state index contributed by atoms with van der Waals surface area (Å²) in [7, 11) is 0. The molecule has 0 bridgehead atoms. The van der Waals surface area contributed by atoms with Crippen molar-refractivity contribution in [1.82, 2.24) is 9.38 Å². The SMILES string of the molecule is Oc1ccc(-c2nc3ccc(Br)cn3c2NC[C@@H]2CCCO2)cc1. The van der Waals surface area contributed by atoms with Gasteiger partial charge < -0.3 is 15.2 Å². The number of aromatic hydroxyl groups is 1. The fourth-order valence-corrected chi connectivity index (χ4v) is 3.36. The molecule has 24 heavy (non-hydrogen) atoms. The van der Waals surface area contributed by atoms with E-state index in [1.807, 2.05) is 34.9 Å². The third-order valence-electron chi connectivity index (χ3n) is 4.24. The van der Waals surface area contributed by atoms with Crippen LogP contribution >= 0.6 is 15.9 Å². The number of hydrogen-bond acceptors (Lipinski definition) is 4. The van der Waals surface area contributed by atoms with Gasteiger partial charge in [0.1, 0.15) is 22.9 Å². The molecule has 0 spiro atoms. The third kappa shape index (κ3) is 2.99. The molecule has 0 saturated carbocycles. The lowest BCUT2D eigenvalue weighted by Crippen LogP contribution is -2.19. The molecule has 5 nitrogen and oxygen atoms in total. The largest absolute Gasteiger partial charge is 0.508 e. The molecule has 6 heteroatoms. The molecule has 1 aromatic carbocycles. The number of halogens is 1. The van der Waals surface area contributed by atoms with Crippen molar-refractivity contribution in [2.24, 2.45) is 0 Å². The topological polar surface area (TPSA) is 58.8 Å². The molecule has 2 N–H and O–H groups in total. The van der Waals surface area contributed by atoms with Crippen molar-refractivity contribution < 1.29 is 9.84 Å². The van der Waals surface area contributed by atoms with Gasteiger partial charge in [0.2, 0.25) is 0 Å². The summed E-state index contributed by atoms with van der Waals surface area (Å²) in [4.78, 5) is 4.76. The predicted molar refractivity (Wildman–Crippen MR) is 97.5 cm³/mol. The van der Waals surface area contributed by atoms with Crippen LogP contribution in [0, 0.1) is 0 Å². The van der Waals surface area contributed by atoms with Gasteiger partial charge in [-0.3, -0.25) is 4.40 Å². The summed E-state index contributed by atoms with van der Waals surface area (Å²) in [6.07, 6.45) is 4.46. The van der Waals surface area contributed by atoms with Gasteiger partial charge in [0.05, 0.1) is 6.10 Å². The predicted octanol–water partition coefficient (Wildman–Crippen LogP) is 4.06. The van der Waals surface area contributed by atoms with Gasteiger partial charge in [-0.05, 0) is 65.2 Å². The van der Waals surface area contributed by atoms with Gasteiger partial charge in [-0.2, -0.15) is 0 Å². The van der Waals surface area contributed by atoms with Gasteiger partial charge in [-0.25, -0.2) is 4.98 Å². The molecule has 0 unspecified atom stereocenters. The van der Waals surface area contributed by atoms with E-state index in [1.165, 1.54) is 0 Å². The second-order valence-corrected chi connectivity index (χ2v) is 6.86. The summed E-state index contributed by atoms with van der Waals surface area (Å²) in [5.41, 5.74) is 2.70. The number of nitrogens with zero attached hydrogens (tertiary/aromatic N) is 2. The molecule has 2 aromatic heterocycles. The van der Waals surface area contributed by atoms with E-state index < -0.39 is 0 Å². The summed E-state index contributed by atoms with van der Waals surface area (Å²) >= 11 is 3.52. The Morgan fingerprint density at radius 2 is 2.08 bits per heavy atom. The summed E-state index contributed by atoms with van der Waals surface area (Å²) < 4.78 is 8.75. The Labute approximate surface area is 148 Å². The summed E-state index contributed by atoms with van der Waals surface area (Å²) in [6.45, 7) is 1.60. The molecule has 4 rings (SSSR count). The Hall–Kier alpha value is -2.05. The molecule has 3 heterocycles. The Bertz CT molecular complexity index is 855. The van der Waals surface area contributed by atoms with Gasteiger partial charge in [0.15, 0.2) is 0 Å². The summed E-state index contributed by atoms with van der Waals surface area (Å²) in [5, 5.41) is 13.0. The fourth-order valence-electron chi connectivity index (χ4n) is 3.02. The molecule has 1 aliphatic heterocycles. The lowest BCUT2D eigenvalue weighted by molar-refractivity contribution is 0.120. The van der Waals surface area contributed by atoms with E-state index in [0.717, 1.165) is 53.2 Å². The lowest BCUT2D eigenvalue weighted by atomic mass is 10.1. The van der Waals surface area contributed by atoms with Crippen LogP contribution in [-0.2, 0) is 4.74 Å². The number of ether oxygens (including phenoxy) is 1. The molecular weight excluding hydrogens is 370 g/mol. The number of phenols is 1. The summed E-state index contributed by atoms with van der Waals surface area (Å²) in [5.74, 6) is 1.19. The second kappa shape index (κ2) is 6.45. The average molecular weight is 388 g/mol. The van der Waals surface area contributed by atoms with Gasteiger partial charge in [0.25, 0.3) is 0 Å². The second-order valence-electron chi connectivity index (χ2n) is 5.95. The van der Waals surface area contributed by atoms with Gasteiger partial charge in [0, 0.05) is 29.4 Å². The van der Waals surface area contributed by atoms with Crippen molar-refractivity contribution in [3.63, 3.8) is 0 Å². The van der Waals surface area contributed by atoms with E-state index in [2.05, 4.69) is 21.2 Å². The van der Waals surface area contributed by atoms with Crippen LogP contribution in [0.15, 0.2) is 47.1 Å². The number of anilines is 1. The molecule has 1 aliphatic rings. The molecule has 1 saturated heterocycles. The Morgan fingerprint density at radius 3 is 2.83 bits per heavy atom. The van der Waals surface area contributed by atoms with Gasteiger partial charge in [-0.15, -0.1) is 0 Å². The van der Waals surface area contributed by atoms with E-state index >= 15 is 0 Å². The Morgan fingerprint density at radius 1 is 1.25 bits per heavy atom. The van der Waals surface area contributed by atoms with Crippen molar-refractivity contribution in [2.45, 2.75) is 18.9 Å². The van der Waals surface area contributed by atoms with Crippen molar-refractivity contribution >= 4 is 27.4 Å². The van der Waals surface area contributed by atoms with Gasteiger partial charge in [-0.1, -0.05) is 0 Å². The van der Waals surface area contributed by atoms with Gasteiger partial charge >= 0.3 is 0 Å². The highest BCUT2D eigenvalue weighted by Gasteiger charge is 2.19. The number of benzene rings is 1. The van der Waals surface area contributed by atoms with E-state index in [-0.39, 0.29) is 11.9 Å². The highest BCUT2D eigenvalue weighted by Crippen LogP contribution is 2.31. The number of fused-ring (bicyclic) bond motifs is 1. The highest BCUT2D eigenvalue weighted by atomic mass is 79.9. The molecule has 0 aliphatic carbocycles. The van der Waals surface area contributed by atoms with E-state index in [0.29, 0.717) is 0 Å². The molecular formula is C18H18BrN3O2. The standard InChI is InChI=1S/C18H18BrN3O2/c19-13-5-8-16-21-17(12-3-6-14(23)7-4-12)18(22(16)11-13)20-10-15-2-1-9-24-15/h3-8,11,15,20,23H,1-2,9-10H2/t15-/m0/s1. The number of aromatic nitrogens is 2. The van der Waals surface area contributed by atoms with Crippen LogP contribution in [0.1, 0.15) is 12.8 Å². The first-order chi connectivity index (χ1) is 11.7. The zero-order chi connectivity index (χ0) is 16.5. The van der Waals surface area contributed by atoms with Crippen LogP contribution in [0.5, 0.6) is 5.75 Å². The normalized spacial score (nSPS) is 17.5. The van der Waals surface area contributed by atoms with Crippen LogP contribution in [-0.4, -0.2) is 33.7 Å². The molecule has 0 amide bonds. The van der Waals surface area contributed by atoms with Crippen molar-refractivity contribution in [3.05, 3.63) is 47.1 Å². The number of pyridine rings is 1. The maximum atomic E-state index is 9.53. The monoisotopic (exact) mass is 387 g/mol. The maximum Gasteiger partial charge on any atom is 0.139 e. The molecule has 1 atom stereocenters.